The van der Waals surface area contributed by atoms with Crippen LogP contribution in [0.25, 0.3) is 0 Å². The van der Waals surface area contributed by atoms with E-state index in [9.17, 15) is 0 Å². The predicted molar refractivity (Wildman–Crippen MR) is 64.7 cm³/mol. The molecule has 86 valence electrons. The van der Waals surface area contributed by atoms with Crippen molar-refractivity contribution in [2.75, 3.05) is 13.1 Å². The Morgan fingerprint density at radius 3 is 2.88 bits per heavy atom. The molecule has 1 aromatic rings. The van der Waals surface area contributed by atoms with E-state index in [0.29, 0.717) is 0 Å². The summed E-state index contributed by atoms with van der Waals surface area (Å²) < 4.78 is 0. The van der Waals surface area contributed by atoms with Gasteiger partial charge in [-0.05, 0) is 32.0 Å². The Labute approximate surface area is 97.7 Å². The number of nitrogens with zero attached hydrogens (tertiary/aromatic N) is 3. The number of hydrogen-bond donors (Lipinski definition) is 0. The molecule has 0 aromatic carbocycles. The van der Waals surface area contributed by atoms with Gasteiger partial charge in [-0.2, -0.15) is 5.26 Å². The fraction of sp³-hybridized carbons (Fsp3) is 0.538. The van der Waals surface area contributed by atoms with E-state index in [4.69, 9.17) is 5.26 Å². The summed E-state index contributed by atoms with van der Waals surface area (Å²) in [5.74, 6) is 0.0731. The van der Waals surface area contributed by atoms with Gasteiger partial charge < -0.3 is 0 Å². The summed E-state index contributed by atoms with van der Waals surface area (Å²) >= 11 is 0. The molecule has 1 heterocycles. The summed E-state index contributed by atoms with van der Waals surface area (Å²) in [4.78, 5) is 6.63. The van der Waals surface area contributed by atoms with Crippen molar-refractivity contribution in [1.29, 1.82) is 5.26 Å². The molecule has 0 aliphatic carbocycles. The van der Waals surface area contributed by atoms with Gasteiger partial charge in [-0.1, -0.05) is 13.0 Å². The molecule has 1 atom stereocenters. The van der Waals surface area contributed by atoms with Gasteiger partial charge in [0.15, 0.2) is 0 Å². The number of hydrogen-bond acceptors (Lipinski definition) is 3. The van der Waals surface area contributed by atoms with E-state index in [1.54, 1.807) is 0 Å². The van der Waals surface area contributed by atoms with Crippen molar-refractivity contribution in [2.24, 2.45) is 5.92 Å². The summed E-state index contributed by atoms with van der Waals surface area (Å²) in [5.41, 5.74) is 2.32. The summed E-state index contributed by atoms with van der Waals surface area (Å²) in [6.45, 7) is 8.72. The molecule has 1 aromatic heterocycles. The van der Waals surface area contributed by atoms with Crippen LogP contribution in [-0.2, 0) is 6.54 Å². The average molecular weight is 217 g/mol. The fourth-order valence-electron chi connectivity index (χ4n) is 1.63. The molecule has 3 nitrogen and oxygen atoms in total. The lowest BCUT2D eigenvalue weighted by atomic mass is 10.1. The van der Waals surface area contributed by atoms with Crippen molar-refractivity contribution in [3.63, 3.8) is 0 Å². The van der Waals surface area contributed by atoms with Crippen molar-refractivity contribution in [2.45, 2.75) is 27.3 Å². The highest BCUT2D eigenvalue weighted by atomic mass is 15.1. The second-order valence-electron chi connectivity index (χ2n) is 4.12. The zero-order chi connectivity index (χ0) is 12.0. The number of aryl methyl sites for hydroxylation is 1. The second kappa shape index (κ2) is 6.24. The normalized spacial score (nSPS) is 12.4. The minimum absolute atomic E-state index is 0.0731. The molecule has 1 unspecified atom stereocenters. The Morgan fingerprint density at radius 1 is 1.56 bits per heavy atom. The van der Waals surface area contributed by atoms with Gasteiger partial charge in [0.2, 0.25) is 0 Å². The summed E-state index contributed by atoms with van der Waals surface area (Å²) in [7, 11) is 0. The van der Waals surface area contributed by atoms with Crippen LogP contribution in [0.15, 0.2) is 18.3 Å². The first-order valence-corrected chi connectivity index (χ1v) is 5.69. The Morgan fingerprint density at radius 2 is 2.31 bits per heavy atom. The molecule has 0 saturated carbocycles. The van der Waals surface area contributed by atoms with Gasteiger partial charge in [0.1, 0.15) is 0 Å². The maximum absolute atomic E-state index is 8.81. The van der Waals surface area contributed by atoms with Crippen LogP contribution in [0.1, 0.15) is 25.1 Å². The van der Waals surface area contributed by atoms with Crippen molar-refractivity contribution < 1.29 is 0 Å². The van der Waals surface area contributed by atoms with E-state index >= 15 is 0 Å². The Balaban J connectivity index is 2.64. The zero-order valence-electron chi connectivity index (χ0n) is 10.3. The number of aromatic nitrogens is 1. The number of rotatable bonds is 5. The summed E-state index contributed by atoms with van der Waals surface area (Å²) in [6, 6.07) is 6.29. The van der Waals surface area contributed by atoms with Crippen molar-refractivity contribution >= 4 is 0 Å². The number of pyridine rings is 1. The van der Waals surface area contributed by atoms with Crippen LogP contribution in [0, 0.1) is 24.2 Å². The molecule has 0 N–H and O–H groups in total. The molecular weight excluding hydrogens is 198 g/mol. The Kier molecular flexibility index (Phi) is 4.94. The summed E-state index contributed by atoms with van der Waals surface area (Å²) in [6.07, 6.45) is 1.82. The van der Waals surface area contributed by atoms with Gasteiger partial charge in [0, 0.05) is 19.3 Å². The molecule has 3 heteroatoms. The highest BCUT2D eigenvalue weighted by Gasteiger charge is 2.10. The van der Waals surface area contributed by atoms with Gasteiger partial charge in [-0.3, -0.25) is 9.88 Å². The molecule has 0 fully saturated rings. The summed E-state index contributed by atoms with van der Waals surface area (Å²) in [5, 5.41) is 8.81. The van der Waals surface area contributed by atoms with Crippen LogP contribution in [-0.4, -0.2) is 23.0 Å². The number of nitriles is 1. The maximum Gasteiger partial charge on any atom is 0.0666 e. The van der Waals surface area contributed by atoms with E-state index < -0.39 is 0 Å². The molecule has 0 amide bonds. The average Bonchev–Trinajstić information content (AvgIpc) is 2.30. The molecule has 1 rings (SSSR count). The third kappa shape index (κ3) is 3.63. The Bertz CT molecular complexity index is 368. The first kappa shape index (κ1) is 12.7. The van der Waals surface area contributed by atoms with Crippen LogP contribution < -0.4 is 0 Å². The molecule has 0 radical (unpaired) electrons. The maximum atomic E-state index is 8.81. The van der Waals surface area contributed by atoms with Crippen LogP contribution in [0.3, 0.4) is 0 Å². The molecular formula is C13H19N3. The van der Waals surface area contributed by atoms with Gasteiger partial charge in [0.25, 0.3) is 0 Å². The quantitative estimate of drug-likeness (QED) is 0.760. The van der Waals surface area contributed by atoms with E-state index in [1.807, 2.05) is 19.2 Å². The van der Waals surface area contributed by atoms with Gasteiger partial charge in [-0.25, -0.2) is 0 Å². The monoisotopic (exact) mass is 217 g/mol. The standard InChI is InChI=1S/C13H19N3/c1-4-16(9-11(2)8-14)10-13-12(3)6-5-7-15-13/h5-7,11H,4,9-10H2,1-3H3. The highest BCUT2D eigenvalue weighted by molar-refractivity contribution is 5.17. The fourth-order valence-corrected chi connectivity index (χ4v) is 1.63. The molecule has 0 aliphatic heterocycles. The van der Waals surface area contributed by atoms with Crippen molar-refractivity contribution in [1.82, 2.24) is 9.88 Å². The Hall–Kier alpha value is -1.40. The minimum Gasteiger partial charge on any atom is -0.296 e. The molecule has 0 spiro atoms. The first-order valence-electron chi connectivity index (χ1n) is 5.69. The van der Waals surface area contributed by atoms with E-state index in [2.05, 4.69) is 35.9 Å². The SMILES string of the molecule is CCN(Cc1ncccc1C)CC(C)C#N. The largest absolute Gasteiger partial charge is 0.296 e. The molecule has 0 aliphatic rings. The van der Waals surface area contributed by atoms with Crippen LogP contribution in [0.5, 0.6) is 0 Å². The lowest BCUT2D eigenvalue weighted by Gasteiger charge is -2.21. The highest BCUT2D eigenvalue weighted by Crippen LogP contribution is 2.08. The van der Waals surface area contributed by atoms with Gasteiger partial charge in [-0.15, -0.1) is 0 Å². The first-order chi connectivity index (χ1) is 7.67. The van der Waals surface area contributed by atoms with Crippen LogP contribution >= 0.6 is 0 Å². The van der Waals surface area contributed by atoms with Crippen LogP contribution in [0.2, 0.25) is 0 Å². The van der Waals surface area contributed by atoms with Gasteiger partial charge in [0.05, 0.1) is 17.7 Å². The lowest BCUT2D eigenvalue weighted by molar-refractivity contribution is 0.257. The smallest absolute Gasteiger partial charge is 0.0666 e. The van der Waals surface area contributed by atoms with E-state index in [-0.39, 0.29) is 5.92 Å². The molecule has 0 bridgehead atoms. The second-order valence-corrected chi connectivity index (χ2v) is 4.12. The topological polar surface area (TPSA) is 39.9 Å². The van der Waals surface area contributed by atoms with Crippen molar-refractivity contribution in [3.8, 4) is 6.07 Å². The molecule has 0 saturated heterocycles. The third-order valence-electron chi connectivity index (χ3n) is 2.69. The predicted octanol–water partition coefficient (Wildman–Crippen LogP) is 2.37. The van der Waals surface area contributed by atoms with Crippen LogP contribution in [0.4, 0.5) is 0 Å². The van der Waals surface area contributed by atoms with E-state index in [0.717, 1.165) is 25.3 Å². The minimum atomic E-state index is 0.0731. The third-order valence-corrected chi connectivity index (χ3v) is 2.69. The zero-order valence-corrected chi connectivity index (χ0v) is 10.3. The lowest BCUT2D eigenvalue weighted by Crippen LogP contribution is -2.28. The van der Waals surface area contributed by atoms with E-state index in [1.165, 1.54) is 5.56 Å². The van der Waals surface area contributed by atoms with Gasteiger partial charge >= 0.3 is 0 Å². The molecule has 16 heavy (non-hydrogen) atoms. The van der Waals surface area contributed by atoms with Crippen molar-refractivity contribution in [3.05, 3.63) is 29.6 Å².